The van der Waals surface area contributed by atoms with Crippen LogP contribution in [-0.4, -0.2) is 49.3 Å². The largest absolute Gasteiger partial charge is 0.377 e. The van der Waals surface area contributed by atoms with E-state index in [-0.39, 0.29) is 6.54 Å². The average Bonchev–Trinajstić information content (AvgIpc) is 2.14. The highest BCUT2D eigenvalue weighted by Gasteiger charge is 2.54. The molecule has 0 aromatic carbocycles. The fraction of sp³-hybridized carbons (Fsp3) is 1.00. The minimum Gasteiger partial charge on any atom is -0.377 e. The van der Waals surface area contributed by atoms with Gasteiger partial charge in [0.25, 0.3) is 0 Å². The van der Waals surface area contributed by atoms with Crippen molar-refractivity contribution in [3.05, 3.63) is 0 Å². The summed E-state index contributed by atoms with van der Waals surface area (Å²) < 4.78 is 22.2. The van der Waals surface area contributed by atoms with Gasteiger partial charge >= 0.3 is 15.2 Å². The van der Waals surface area contributed by atoms with E-state index in [2.05, 4.69) is 5.32 Å². The highest BCUT2D eigenvalue weighted by atomic mass is 31.2. The smallest absolute Gasteiger partial charge is 0.357 e. The third-order valence-electron chi connectivity index (χ3n) is 2.89. The molecule has 2 atom stereocenters. The maximum atomic E-state index is 11.3. The summed E-state index contributed by atoms with van der Waals surface area (Å²) in [7, 11) is -9.75. The number of rotatable bonds is 4. The number of piperidine rings is 1. The third-order valence-corrected chi connectivity index (χ3v) is 5.57. The summed E-state index contributed by atoms with van der Waals surface area (Å²) in [6.07, 6.45) is -0.320. The second kappa shape index (κ2) is 5.07. The predicted molar refractivity (Wildman–Crippen MR) is 59.5 cm³/mol. The summed E-state index contributed by atoms with van der Waals surface area (Å²) in [4.78, 5) is 36.0. The lowest BCUT2D eigenvalue weighted by molar-refractivity contribution is 0.0382. The van der Waals surface area contributed by atoms with Gasteiger partial charge in [0.2, 0.25) is 0 Å². The Morgan fingerprint density at radius 1 is 1.24 bits per heavy atom. The van der Waals surface area contributed by atoms with E-state index >= 15 is 0 Å². The van der Waals surface area contributed by atoms with Crippen molar-refractivity contribution in [2.45, 2.75) is 18.2 Å². The zero-order chi connectivity index (χ0) is 13.3. The van der Waals surface area contributed by atoms with Crippen LogP contribution in [0.25, 0.3) is 0 Å². The topological polar surface area (TPSA) is 147 Å². The van der Waals surface area contributed by atoms with Crippen LogP contribution in [0.4, 0.5) is 0 Å². The van der Waals surface area contributed by atoms with Crippen molar-refractivity contribution in [1.82, 2.24) is 5.32 Å². The molecule has 2 unspecified atom stereocenters. The molecule has 0 saturated carbocycles. The van der Waals surface area contributed by atoms with Gasteiger partial charge in [0.1, 0.15) is 0 Å². The molecule has 0 aromatic rings. The van der Waals surface area contributed by atoms with E-state index in [0.29, 0.717) is 19.4 Å². The van der Waals surface area contributed by atoms with Crippen LogP contribution in [0, 0.1) is 5.92 Å². The first-order chi connectivity index (χ1) is 7.56. The van der Waals surface area contributed by atoms with Gasteiger partial charge in [-0.05, 0) is 19.4 Å². The molecular weight excluding hydrogens is 272 g/mol. The molecule has 102 valence electrons. The van der Waals surface area contributed by atoms with E-state index < -0.39 is 32.6 Å². The van der Waals surface area contributed by atoms with Gasteiger partial charge in [-0.15, -0.1) is 0 Å². The Balaban J connectivity index is 3.01. The maximum absolute atomic E-state index is 11.3. The van der Waals surface area contributed by atoms with Crippen LogP contribution in [0.1, 0.15) is 12.8 Å². The molecule has 1 fully saturated rings. The molecule has 6 N–H and O–H groups in total. The Kier molecular flexibility index (Phi) is 4.56. The van der Waals surface area contributed by atoms with E-state index in [1.807, 2.05) is 0 Å². The first kappa shape index (κ1) is 15.3. The fourth-order valence-electron chi connectivity index (χ4n) is 2.01. The highest BCUT2D eigenvalue weighted by molar-refractivity contribution is 7.57. The lowest BCUT2D eigenvalue weighted by Gasteiger charge is -2.38. The number of nitrogens with one attached hydrogen (secondary N) is 1. The van der Waals surface area contributed by atoms with Crippen molar-refractivity contribution in [3.8, 4) is 0 Å². The molecule has 0 bridgehead atoms. The Morgan fingerprint density at radius 2 is 1.82 bits per heavy atom. The summed E-state index contributed by atoms with van der Waals surface area (Å²) in [6, 6.07) is 0. The van der Waals surface area contributed by atoms with E-state index in [1.54, 1.807) is 0 Å². The minimum atomic E-state index is -5.03. The zero-order valence-electron chi connectivity index (χ0n) is 9.06. The van der Waals surface area contributed by atoms with E-state index in [4.69, 9.17) is 19.6 Å². The van der Waals surface area contributed by atoms with Crippen molar-refractivity contribution in [2.75, 3.05) is 19.3 Å². The molecule has 0 aliphatic carbocycles. The van der Waals surface area contributed by atoms with Gasteiger partial charge in [0, 0.05) is 12.5 Å². The first-order valence-electron chi connectivity index (χ1n) is 5.09. The SMILES string of the molecule is O=P(O)(O)CC(O)(C1CCCNC1)P(=O)(O)O. The zero-order valence-corrected chi connectivity index (χ0v) is 10.8. The second-order valence-corrected chi connectivity index (χ2v) is 7.80. The molecule has 0 radical (unpaired) electrons. The Labute approximate surface area is 98.4 Å². The standard InChI is InChI=1S/C7H17NO7P2/c9-7(17(13,14)15,5-16(10,11)12)6-2-1-3-8-4-6/h6,8-9H,1-5H2,(H2,10,11,12)(H2,13,14,15). The van der Waals surface area contributed by atoms with Crippen LogP contribution in [0.5, 0.6) is 0 Å². The normalized spacial score (nSPS) is 26.5. The lowest BCUT2D eigenvalue weighted by Crippen LogP contribution is -2.48. The Hall–Kier alpha value is 0.220. The van der Waals surface area contributed by atoms with Crippen LogP contribution in [0.3, 0.4) is 0 Å². The van der Waals surface area contributed by atoms with Gasteiger partial charge < -0.3 is 30.0 Å². The van der Waals surface area contributed by atoms with E-state index in [9.17, 15) is 14.2 Å². The first-order valence-corrected chi connectivity index (χ1v) is 8.50. The molecule has 8 nitrogen and oxygen atoms in total. The lowest BCUT2D eigenvalue weighted by atomic mass is 9.94. The van der Waals surface area contributed by atoms with Crippen molar-refractivity contribution >= 4 is 15.2 Å². The maximum Gasteiger partial charge on any atom is 0.357 e. The van der Waals surface area contributed by atoms with Crippen LogP contribution in [0.15, 0.2) is 0 Å². The summed E-state index contributed by atoms with van der Waals surface area (Å²) in [5.41, 5.74) is 0. The number of aliphatic hydroxyl groups is 1. The Bertz CT molecular complexity index is 357. The molecule has 0 aromatic heterocycles. The monoisotopic (exact) mass is 289 g/mol. The second-order valence-electron chi connectivity index (χ2n) is 4.29. The molecule has 1 saturated heterocycles. The minimum absolute atomic E-state index is 0.127. The molecule has 1 aliphatic rings. The quantitative estimate of drug-likeness (QED) is 0.362. The van der Waals surface area contributed by atoms with Crippen LogP contribution in [-0.2, 0) is 9.13 Å². The van der Waals surface area contributed by atoms with Gasteiger partial charge in [-0.25, -0.2) is 0 Å². The third kappa shape index (κ3) is 3.84. The molecule has 1 aliphatic heterocycles. The van der Waals surface area contributed by atoms with Crippen LogP contribution in [0.2, 0.25) is 0 Å². The fourth-order valence-corrected chi connectivity index (χ4v) is 4.86. The molecular formula is C7H17NO7P2. The van der Waals surface area contributed by atoms with Gasteiger partial charge in [-0.2, -0.15) is 0 Å². The molecule has 1 rings (SSSR count). The number of hydrogen-bond donors (Lipinski definition) is 6. The molecule has 0 amide bonds. The van der Waals surface area contributed by atoms with Gasteiger partial charge in [0.15, 0.2) is 5.34 Å². The van der Waals surface area contributed by atoms with Crippen molar-refractivity contribution in [3.63, 3.8) is 0 Å². The van der Waals surface area contributed by atoms with Gasteiger partial charge in [-0.1, -0.05) is 0 Å². The van der Waals surface area contributed by atoms with Gasteiger partial charge in [0.05, 0.1) is 6.16 Å². The summed E-state index contributed by atoms with van der Waals surface area (Å²) in [5.74, 6) is -0.871. The molecule has 10 heteroatoms. The van der Waals surface area contributed by atoms with Crippen molar-refractivity contribution in [2.24, 2.45) is 5.92 Å². The van der Waals surface area contributed by atoms with Gasteiger partial charge in [-0.3, -0.25) is 9.13 Å². The average molecular weight is 289 g/mol. The van der Waals surface area contributed by atoms with E-state index in [0.717, 1.165) is 0 Å². The summed E-state index contributed by atoms with van der Waals surface area (Å²) >= 11 is 0. The highest BCUT2D eigenvalue weighted by Crippen LogP contribution is 2.59. The van der Waals surface area contributed by atoms with Crippen molar-refractivity contribution in [1.29, 1.82) is 0 Å². The number of hydrogen-bond acceptors (Lipinski definition) is 4. The van der Waals surface area contributed by atoms with Crippen molar-refractivity contribution < 1.29 is 33.8 Å². The van der Waals surface area contributed by atoms with Crippen LogP contribution < -0.4 is 5.32 Å². The molecule has 17 heavy (non-hydrogen) atoms. The predicted octanol–water partition coefficient (Wildman–Crippen LogP) is -0.970. The summed E-state index contributed by atoms with van der Waals surface area (Å²) in [5, 5.41) is 10.2. The molecule has 1 heterocycles. The molecule has 0 spiro atoms. The Morgan fingerprint density at radius 3 is 2.18 bits per heavy atom. The van der Waals surface area contributed by atoms with Crippen LogP contribution >= 0.6 is 15.2 Å². The summed E-state index contributed by atoms with van der Waals surface area (Å²) in [6.45, 7) is 0.783. The van der Waals surface area contributed by atoms with E-state index in [1.165, 1.54) is 0 Å².